The number of ketones is 1. The second-order valence-electron chi connectivity index (χ2n) is 6.39. The number of fused-ring (bicyclic) bond motifs is 1. The van der Waals surface area contributed by atoms with E-state index in [1.165, 1.54) is 0 Å². The number of Topliss-reactive ketones (excluding diaryl/α,β-unsaturated/α-hetero) is 1. The van der Waals surface area contributed by atoms with E-state index in [9.17, 15) is 9.59 Å². The van der Waals surface area contributed by atoms with Crippen LogP contribution in [0.1, 0.15) is 36.0 Å². The Balaban J connectivity index is 1.34. The number of ether oxygens (including phenoxy) is 5. The highest BCUT2D eigenvalue weighted by atomic mass is 16.6. The third kappa shape index (κ3) is 5.44. The molecule has 0 saturated carbocycles. The van der Waals surface area contributed by atoms with Crippen molar-refractivity contribution in [2.24, 2.45) is 4.99 Å². The van der Waals surface area contributed by atoms with Crippen LogP contribution in [-0.4, -0.2) is 80.4 Å². The molecule has 0 amide bonds. The summed E-state index contributed by atoms with van der Waals surface area (Å²) in [6, 6.07) is 0. The molecule has 0 aromatic carbocycles. The molecule has 2 aliphatic heterocycles. The normalized spacial score (nSPS) is 21.1. The number of hydrogen-bond donors (Lipinski definition) is 0. The van der Waals surface area contributed by atoms with Gasteiger partial charge in [0.1, 0.15) is 19.4 Å². The van der Waals surface area contributed by atoms with Crippen LogP contribution in [0.15, 0.2) is 11.3 Å². The number of carbonyl (C=O) groups excluding carboxylic acids is 2. The van der Waals surface area contributed by atoms with E-state index in [0.717, 1.165) is 12.8 Å². The monoisotopic (exact) mass is 395 g/mol. The fourth-order valence-electron chi connectivity index (χ4n) is 2.96. The molecule has 1 fully saturated rings. The Labute approximate surface area is 162 Å². The van der Waals surface area contributed by atoms with E-state index >= 15 is 0 Å². The second-order valence-corrected chi connectivity index (χ2v) is 6.39. The predicted octanol–water partition coefficient (Wildman–Crippen LogP) is 1.07. The van der Waals surface area contributed by atoms with Gasteiger partial charge in [0.05, 0.1) is 38.9 Å². The molecule has 0 spiro atoms. The minimum absolute atomic E-state index is 0.0451. The minimum Gasteiger partial charge on any atom is -0.461 e. The molecule has 0 bridgehead atoms. The summed E-state index contributed by atoms with van der Waals surface area (Å²) in [6.07, 6.45) is 4.40. The second kappa shape index (κ2) is 10.4. The number of hydrogen-bond acceptors (Lipinski definition) is 9. The lowest BCUT2D eigenvalue weighted by Crippen LogP contribution is -2.22. The fourth-order valence-corrected chi connectivity index (χ4v) is 2.96. The number of carbonyl (C=O) groups is 2. The maximum absolute atomic E-state index is 11.8. The van der Waals surface area contributed by atoms with Crippen LogP contribution in [0.2, 0.25) is 0 Å². The zero-order chi connectivity index (χ0) is 19.8. The average Bonchev–Trinajstić information content (AvgIpc) is 3.33. The van der Waals surface area contributed by atoms with E-state index in [-0.39, 0.29) is 37.7 Å². The Morgan fingerprint density at radius 3 is 2.93 bits per heavy atom. The van der Waals surface area contributed by atoms with Gasteiger partial charge < -0.3 is 23.7 Å². The van der Waals surface area contributed by atoms with E-state index in [2.05, 4.69) is 9.98 Å². The van der Waals surface area contributed by atoms with Crippen LogP contribution in [-0.2, 0) is 28.5 Å². The van der Waals surface area contributed by atoms with Gasteiger partial charge in [-0.05, 0) is 12.8 Å². The Kier molecular flexibility index (Phi) is 7.66. The zero-order valence-electron chi connectivity index (χ0n) is 15.9. The predicted molar refractivity (Wildman–Crippen MR) is 96.9 cm³/mol. The van der Waals surface area contributed by atoms with E-state index < -0.39 is 5.97 Å². The molecule has 10 nitrogen and oxygen atoms in total. The van der Waals surface area contributed by atoms with Gasteiger partial charge in [0.2, 0.25) is 0 Å². The summed E-state index contributed by atoms with van der Waals surface area (Å²) in [6.45, 7) is 1.74. The molecule has 2 unspecified atom stereocenters. The molecular weight excluding hydrogens is 370 g/mol. The molecule has 154 valence electrons. The Bertz CT molecular complexity index is 703. The van der Waals surface area contributed by atoms with E-state index in [1.54, 1.807) is 24.2 Å². The quantitative estimate of drug-likeness (QED) is 0.404. The SMILES string of the molecule is COCCOCCOCC(=O)OCC1CCC(n2cnc3c2N=CCC3=O)O1. The first-order valence-electron chi connectivity index (χ1n) is 9.27. The van der Waals surface area contributed by atoms with Crippen molar-refractivity contribution in [1.82, 2.24) is 9.55 Å². The van der Waals surface area contributed by atoms with Crippen molar-refractivity contribution in [3.05, 3.63) is 12.0 Å². The number of aromatic nitrogens is 2. The molecule has 1 saturated heterocycles. The van der Waals surface area contributed by atoms with Gasteiger partial charge in [0.15, 0.2) is 17.3 Å². The molecule has 3 heterocycles. The Morgan fingerprint density at radius 2 is 2.07 bits per heavy atom. The minimum atomic E-state index is -0.445. The van der Waals surface area contributed by atoms with Crippen molar-refractivity contribution in [1.29, 1.82) is 0 Å². The first-order chi connectivity index (χ1) is 13.7. The molecule has 0 aliphatic carbocycles. The zero-order valence-corrected chi connectivity index (χ0v) is 15.9. The van der Waals surface area contributed by atoms with Gasteiger partial charge >= 0.3 is 5.97 Å². The summed E-state index contributed by atoms with van der Waals surface area (Å²) < 4.78 is 28.2. The summed E-state index contributed by atoms with van der Waals surface area (Å²) >= 11 is 0. The van der Waals surface area contributed by atoms with Crippen molar-refractivity contribution < 1.29 is 33.3 Å². The summed E-state index contributed by atoms with van der Waals surface area (Å²) in [5.74, 6) is 0.0375. The summed E-state index contributed by atoms with van der Waals surface area (Å²) in [4.78, 5) is 32.0. The topological polar surface area (TPSA) is 110 Å². The van der Waals surface area contributed by atoms with Crippen molar-refractivity contribution in [3.63, 3.8) is 0 Å². The molecule has 10 heteroatoms. The van der Waals surface area contributed by atoms with Crippen LogP contribution in [0.3, 0.4) is 0 Å². The highest BCUT2D eigenvalue weighted by molar-refractivity contribution is 6.08. The maximum Gasteiger partial charge on any atom is 0.332 e. The highest BCUT2D eigenvalue weighted by Crippen LogP contribution is 2.34. The van der Waals surface area contributed by atoms with Crippen LogP contribution in [0.4, 0.5) is 5.82 Å². The van der Waals surface area contributed by atoms with Crippen molar-refractivity contribution in [2.75, 3.05) is 46.8 Å². The number of esters is 1. The van der Waals surface area contributed by atoms with Crippen molar-refractivity contribution in [3.8, 4) is 0 Å². The van der Waals surface area contributed by atoms with Gasteiger partial charge in [0.25, 0.3) is 0 Å². The van der Waals surface area contributed by atoms with Gasteiger partial charge in [-0.1, -0.05) is 0 Å². The Morgan fingerprint density at radius 1 is 1.25 bits per heavy atom. The van der Waals surface area contributed by atoms with Gasteiger partial charge in [-0.15, -0.1) is 0 Å². The van der Waals surface area contributed by atoms with Gasteiger partial charge in [0, 0.05) is 19.7 Å². The molecule has 2 aliphatic rings. The summed E-state index contributed by atoms with van der Waals surface area (Å²) in [5, 5.41) is 0. The van der Waals surface area contributed by atoms with Crippen molar-refractivity contribution in [2.45, 2.75) is 31.6 Å². The Hall–Kier alpha value is -2.14. The molecule has 3 rings (SSSR count). The fraction of sp³-hybridized carbons (Fsp3) is 0.667. The largest absolute Gasteiger partial charge is 0.461 e. The third-order valence-electron chi connectivity index (χ3n) is 4.37. The molecular formula is C18H25N3O7. The number of nitrogens with zero attached hydrogens (tertiary/aromatic N) is 3. The lowest BCUT2D eigenvalue weighted by molar-refractivity contribution is -0.154. The van der Waals surface area contributed by atoms with E-state index in [4.69, 9.17) is 23.7 Å². The molecule has 2 atom stereocenters. The number of imidazole rings is 1. The standard InChI is InChI=1S/C18H25N3O7/c1-24-6-7-25-8-9-26-11-16(23)27-10-13-2-3-15(28-13)21-12-20-17-14(22)4-5-19-18(17)21/h5,12-13,15H,2-4,6-11H2,1H3. The summed E-state index contributed by atoms with van der Waals surface area (Å²) in [7, 11) is 1.60. The molecule has 1 aromatic heterocycles. The smallest absolute Gasteiger partial charge is 0.332 e. The lowest BCUT2D eigenvalue weighted by atomic mass is 10.2. The first-order valence-corrected chi connectivity index (χ1v) is 9.27. The number of rotatable bonds is 11. The van der Waals surface area contributed by atoms with Crippen LogP contribution in [0.5, 0.6) is 0 Å². The van der Waals surface area contributed by atoms with E-state index in [0.29, 0.717) is 37.9 Å². The van der Waals surface area contributed by atoms with Gasteiger partial charge in [-0.3, -0.25) is 9.36 Å². The van der Waals surface area contributed by atoms with Crippen LogP contribution in [0.25, 0.3) is 0 Å². The highest BCUT2D eigenvalue weighted by Gasteiger charge is 2.31. The van der Waals surface area contributed by atoms with Crippen LogP contribution >= 0.6 is 0 Å². The maximum atomic E-state index is 11.8. The van der Waals surface area contributed by atoms with Crippen molar-refractivity contribution >= 4 is 23.8 Å². The molecule has 0 radical (unpaired) electrons. The number of methoxy groups -OCH3 is 1. The molecule has 28 heavy (non-hydrogen) atoms. The number of aliphatic imine (C=N–C) groups is 1. The van der Waals surface area contributed by atoms with Crippen LogP contribution in [0, 0.1) is 0 Å². The van der Waals surface area contributed by atoms with Gasteiger partial charge in [-0.2, -0.15) is 0 Å². The van der Waals surface area contributed by atoms with Gasteiger partial charge in [-0.25, -0.2) is 14.8 Å². The first kappa shape index (κ1) is 20.6. The van der Waals surface area contributed by atoms with E-state index in [1.807, 2.05) is 0 Å². The summed E-state index contributed by atoms with van der Waals surface area (Å²) in [5.41, 5.74) is 0.379. The van der Waals surface area contributed by atoms with Crippen LogP contribution < -0.4 is 0 Å². The average molecular weight is 395 g/mol. The lowest BCUT2D eigenvalue weighted by Gasteiger charge is -2.17. The third-order valence-corrected chi connectivity index (χ3v) is 4.37. The molecule has 0 N–H and O–H groups in total. The molecule has 1 aromatic rings.